The second kappa shape index (κ2) is 8.28. The van der Waals surface area contributed by atoms with Crippen LogP contribution in [0.25, 0.3) is 22.3 Å². The molecule has 0 amide bonds. The van der Waals surface area contributed by atoms with Crippen molar-refractivity contribution in [1.29, 1.82) is 0 Å². The van der Waals surface area contributed by atoms with E-state index in [1.165, 1.54) is 38.9 Å². The molecule has 0 saturated carbocycles. The summed E-state index contributed by atoms with van der Waals surface area (Å²) in [6, 6.07) is 32.2. The Kier molecular flexibility index (Phi) is 5.39. The summed E-state index contributed by atoms with van der Waals surface area (Å²) >= 11 is 0. The van der Waals surface area contributed by atoms with E-state index in [0.29, 0.717) is 0 Å². The highest BCUT2D eigenvalue weighted by Crippen LogP contribution is 2.32. The van der Waals surface area contributed by atoms with Gasteiger partial charge in [-0.15, -0.1) is 0 Å². The molecular formula is C28H25N. The first-order valence-electron chi connectivity index (χ1n) is 9.98. The first-order chi connectivity index (χ1) is 14.1. The maximum atomic E-state index is 4.80. The summed E-state index contributed by atoms with van der Waals surface area (Å²) < 4.78 is 0. The van der Waals surface area contributed by atoms with Gasteiger partial charge in [-0.3, -0.25) is 4.99 Å². The van der Waals surface area contributed by atoms with Crippen LogP contribution in [0.1, 0.15) is 22.3 Å². The largest absolute Gasteiger partial charge is 0.256 e. The summed E-state index contributed by atoms with van der Waals surface area (Å²) in [5.41, 5.74) is 10.7. The average molecular weight is 376 g/mol. The molecule has 0 aromatic heterocycles. The molecule has 4 aromatic carbocycles. The molecular weight excluding hydrogens is 350 g/mol. The topological polar surface area (TPSA) is 12.4 Å². The predicted octanol–water partition coefficient (Wildman–Crippen LogP) is 7.70. The van der Waals surface area contributed by atoms with Gasteiger partial charge in [0.2, 0.25) is 0 Å². The van der Waals surface area contributed by atoms with Crippen molar-refractivity contribution in [3.05, 3.63) is 113 Å². The Labute approximate surface area is 173 Å². The number of hydrogen-bond acceptors (Lipinski definition) is 1. The van der Waals surface area contributed by atoms with Crippen molar-refractivity contribution < 1.29 is 0 Å². The van der Waals surface area contributed by atoms with Crippen LogP contribution in [0.15, 0.2) is 96.0 Å². The average Bonchev–Trinajstić information content (AvgIpc) is 2.74. The van der Waals surface area contributed by atoms with Crippen molar-refractivity contribution >= 4 is 11.9 Å². The lowest BCUT2D eigenvalue weighted by molar-refractivity contribution is 1.43. The molecule has 0 aliphatic rings. The Morgan fingerprint density at radius 2 is 0.931 bits per heavy atom. The van der Waals surface area contributed by atoms with Crippen molar-refractivity contribution in [2.24, 2.45) is 4.99 Å². The molecule has 4 rings (SSSR count). The van der Waals surface area contributed by atoms with Gasteiger partial charge in [0.15, 0.2) is 0 Å². The third-order valence-corrected chi connectivity index (χ3v) is 5.21. The summed E-state index contributed by atoms with van der Waals surface area (Å²) in [7, 11) is 0. The van der Waals surface area contributed by atoms with Crippen LogP contribution in [0, 0.1) is 20.8 Å². The van der Waals surface area contributed by atoms with E-state index in [0.717, 1.165) is 11.3 Å². The van der Waals surface area contributed by atoms with Crippen LogP contribution in [0.4, 0.5) is 5.69 Å². The number of aryl methyl sites for hydroxylation is 3. The Balaban J connectivity index is 1.86. The first-order valence-corrected chi connectivity index (χ1v) is 9.98. The maximum absolute atomic E-state index is 4.80. The zero-order valence-corrected chi connectivity index (χ0v) is 17.2. The van der Waals surface area contributed by atoms with Crippen LogP contribution in [-0.2, 0) is 0 Å². The molecule has 0 spiro atoms. The normalized spacial score (nSPS) is 11.1. The minimum Gasteiger partial charge on any atom is -0.256 e. The lowest BCUT2D eigenvalue weighted by atomic mass is 9.91. The van der Waals surface area contributed by atoms with Gasteiger partial charge in [0.05, 0.1) is 5.69 Å². The Morgan fingerprint density at radius 1 is 0.517 bits per heavy atom. The number of aliphatic imine (C=N–C) groups is 1. The lowest BCUT2D eigenvalue weighted by Gasteiger charge is -2.13. The minimum atomic E-state index is 0.962. The molecule has 1 nitrogen and oxygen atoms in total. The molecule has 0 atom stereocenters. The SMILES string of the molecule is Cc1ccc(N=Cc2c(-c3ccc(C)cc3)cccc2-c2ccc(C)cc2)cc1. The quantitative estimate of drug-likeness (QED) is 0.324. The molecule has 1 heteroatoms. The molecule has 0 aliphatic heterocycles. The van der Waals surface area contributed by atoms with E-state index < -0.39 is 0 Å². The van der Waals surface area contributed by atoms with Crippen molar-refractivity contribution in [2.75, 3.05) is 0 Å². The third-order valence-electron chi connectivity index (χ3n) is 5.21. The van der Waals surface area contributed by atoms with E-state index in [-0.39, 0.29) is 0 Å². The molecule has 0 unspecified atom stereocenters. The van der Waals surface area contributed by atoms with Gasteiger partial charge in [-0.25, -0.2) is 0 Å². The van der Waals surface area contributed by atoms with Crippen molar-refractivity contribution in [2.45, 2.75) is 20.8 Å². The molecule has 4 aromatic rings. The number of rotatable bonds is 4. The fraction of sp³-hybridized carbons (Fsp3) is 0.107. The summed E-state index contributed by atoms with van der Waals surface area (Å²) in [6.07, 6.45) is 2.01. The van der Waals surface area contributed by atoms with E-state index in [4.69, 9.17) is 4.99 Å². The number of nitrogens with zero attached hydrogens (tertiary/aromatic N) is 1. The number of hydrogen-bond donors (Lipinski definition) is 0. The fourth-order valence-electron chi connectivity index (χ4n) is 3.44. The Morgan fingerprint density at radius 3 is 1.38 bits per heavy atom. The van der Waals surface area contributed by atoms with Crippen LogP contribution in [0.5, 0.6) is 0 Å². The molecule has 0 fully saturated rings. The molecule has 29 heavy (non-hydrogen) atoms. The highest BCUT2D eigenvalue weighted by molar-refractivity contribution is 5.99. The zero-order valence-electron chi connectivity index (χ0n) is 17.2. The Bertz CT molecular complexity index is 1070. The second-order valence-corrected chi connectivity index (χ2v) is 7.59. The number of benzene rings is 4. The van der Waals surface area contributed by atoms with Crippen LogP contribution in [-0.4, -0.2) is 6.21 Å². The molecule has 0 radical (unpaired) electrons. The first kappa shape index (κ1) is 18.9. The van der Waals surface area contributed by atoms with Crippen LogP contribution in [0.3, 0.4) is 0 Å². The monoisotopic (exact) mass is 375 g/mol. The minimum absolute atomic E-state index is 0.962. The van der Waals surface area contributed by atoms with E-state index >= 15 is 0 Å². The highest BCUT2D eigenvalue weighted by Gasteiger charge is 2.10. The van der Waals surface area contributed by atoms with Crippen LogP contribution >= 0.6 is 0 Å². The zero-order chi connectivity index (χ0) is 20.2. The Hall–Kier alpha value is -3.45. The summed E-state index contributed by atoms with van der Waals surface area (Å²) in [6.45, 7) is 6.33. The van der Waals surface area contributed by atoms with Gasteiger partial charge < -0.3 is 0 Å². The molecule has 0 bridgehead atoms. The van der Waals surface area contributed by atoms with Gasteiger partial charge in [0.1, 0.15) is 0 Å². The van der Waals surface area contributed by atoms with Crippen LogP contribution in [0.2, 0.25) is 0 Å². The summed E-state index contributed by atoms with van der Waals surface area (Å²) in [4.78, 5) is 4.80. The van der Waals surface area contributed by atoms with E-state index in [1.54, 1.807) is 0 Å². The fourth-order valence-corrected chi connectivity index (χ4v) is 3.44. The van der Waals surface area contributed by atoms with Gasteiger partial charge >= 0.3 is 0 Å². The lowest BCUT2D eigenvalue weighted by Crippen LogP contribution is -1.94. The van der Waals surface area contributed by atoms with E-state index in [1.807, 2.05) is 6.21 Å². The standard InChI is InChI=1S/C28H25N/c1-20-7-13-23(14-8-20)26-5-4-6-27(24-15-9-21(2)10-16-24)28(26)19-29-25-17-11-22(3)12-18-25/h4-19H,1-3H3. The summed E-state index contributed by atoms with van der Waals surface area (Å²) in [5.74, 6) is 0. The predicted molar refractivity (Wildman–Crippen MR) is 125 cm³/mol. The maximum Gasteiger partial charge on any atom is 0.0630 e. The van der Waals surface area contributed by atoms with Crippen molar-refractivity contribution in [1.82, 2.24) is 0 Å². The molecule has 142 valence electrons. The molecule has 0 N–H and O–H groups in total. The van der Waals surface area contributed by atoms with Crippen LogP contribution < -0.4 is 0 Å². The van der Waals surface area contributed by atoms with Crippen molar-refractivity contribution in [3.8, 4) is 22.3 Å². The van der Waals surface area contributed by atoms with Crippen molar-refractivity contribution in [3.63, 3.8) is 0 Å². The van der Waals surface area contributed by atoms with E-state index in [9.17, 15) is 0 Å². The highest BCUT2D eigenvalue weighted by atomic mass is 14.7. The smallest absolute Gasteiger partial charge is 0.0630 e. The van der Waals surface area contributed by atoms with Gasteiger partial charge in [0, 0.05) is 11.8 Å². The van der Waals surface area contributed by atoms with Gasteiger partial charge in [-0.05, 0) is 55.2 Å². The molecule has 0 aliphatic carbocycles. The van der Waals surface area contributed by atoms with Gasteiger partial charge in [-0.1, -0.05) is 95.6 Å². The second-order valence-electron chi connectivity index (χ2n) is 7.59. The third kappa shape index (κ3) is 4.35. The van der Waals surface area contributed by atoms with Gasteiger partial charge in [-0.2, -0.15) is 0 Å². The summed E-state index contributed by atoms with van der Waals surface area (Å²) in [5, 5.41) is 0. The van der Waals surface area contributed by atoms with Gasteiger partial charge in [0.25, 0.3) is 0 Å². The molecule has 0 saturated heterocycles. The van der Waals surface area contributed by atoms with E-state index in [2.05, 4.69) is 112 Å². The molecule has 0 heterocycles.